The van der Waals surface area contributed by atoms with Gasteiger partial charge < -0.3 is 4.74 Å². The second-order valence-electron chi connectivity index (χ2n) is 6.01. The molecule has 0 aliphatic carbocycles. The topological polar surface area (TPSA) is 9.23 Å². The number of halogens is 1. The summed E-state index contributed by atoms with van der Waals surface area (Å²) in [4.78, 5) is 0. The Balaban J connectivity index is 3.74. The van der Waals surface area contributed by atoms with Crippen molar-refractivity contribution in [2.24, 2.45) is 5.92 Å². The number of hydrogen-bond acceptors (Lipinski definition) is 1. The van der Waals surface area contributed by atoms with Crippen LogP contribution >= 0.6 is 0 Å². The molecule has 0 fully saturated rings. The van der Waals surface area contributed by atoms with Crippen LogP contribution in [0.25, 0.3) is 0 Å². The van der Waals surface area contributed by atoms with Gasteiger partial charge in [0, 0.05) is 6.42 Å². The highest BCUT2D eigenvalue weighted by Crippen LogP contribution is 2.22. The van der Waals surface area contributed by atoms with E-state index >= 15 is 0 Å². The summed E-state index contributed by atoms with van der Waals surface area (Å²) >= 11 is 0. The summed E-state index contributed by atoms with van der Waals surface area (Å²) in [6.07, 6.45) is 2.67. The Labute approximate surface area is 94.4 Å². The Morgan fingerprint density at radius 3 is 2.00 bits per heavy atom. The van der Waals surface area contributed by atoms with E-state index < -0.39 is 5.67 Å². The fourth-order valence-electron chi connectivity index (χ4n) is 1.28. The van der Waals surface area contributed by atoms with E-state index in [1.807, 2.05) is 0 Å². The van der Waals surface area contributed by atoms with Crippen molar-refractivity contribution in [1.29, 1.82) is 0 Å². The fourth-order valence-corrected chi connectivity index (χ4v) is 1.28. The molecule has 0 aromatic heterocycles. The van der Waals surface area contributed by atoms with Crippen molar-refractivity contribution < 1.29 is 9.13 Å². The first-order valence-electron chi connectivity index (χ1n) is 5.95. The molecule has 0 aliphatic heterocycles. The van der Waals surface area contributed by atoms with Gasteiger partial charge in [0.25, 0.3) is 0 Å². The monoisotopic (exact) mass is 218 g/mol. The zero-order valence-electron chi connectivity index (χ0n) is 11.2. The average molecular weight is 218 g/mol. The molecule has 0 bridgehead atoms. The Morgan fingerprint density at radius 1 is 1.07 bits per heavy atom. The van der Waals surface area contributed by atoms with E-state index in [0.29, 0.717) is 18.9 Å². The van der Waals surface area contributed by atoms with Gasteiger partial charge in [-0.05, 0) is 46.5 Å². The molecule has 2 heteroatoms. The first kappa shape index (κ1) is 14.9. The van der Waals surface area contributed by atoms with Crippen LogP contribution in [0.1, 0.15) is 60.8 Å². The van der Waals surface area contributed by atoms with Crippen molar-refractivity contribution in [2.45, 2.75) is 72.1 Å². The second-order valence-corrected chi connectivity index (χ2v) is 6.01. The summed E-state index contributed by atoms with van der Waals surface area (Å²) in [6, 6.07) is 0. The molecule has 0 rings (SSSR count). The predicted molar refractivity (Wildman–Crippen MR) is 63.9 cm³/mol. The van der Waals surface area contributed by atoms with Crippen LogP contribution in [0.4, 0.5) is 4.39 Å². The average Bonchev–Trinajstić information content (AvgIpc) is 1.98. The van der Waals surface area contributed by atoms with Gasteiger partial charge in [-0.2, -0.15) is 0 Å². The van der Waals surface area contributed by atoms with Crippen LogP contribution in [0.15, 0.2) is 0 Å². The van der Waals surface area contributed by atoms with Crippen LogP contribution in [0, 0.1) is 5.92 Å². The molecule has 0 N–H and O–H groups in total. The first-order valence-corrected chi connectivity index (χ1v) is 5.95. The third kappa shape index (κ3) is 10.2. The van der Waals surface area contributed by atoms with Gasteiger partial charge in [0.15, 0.2) is 0 Å². The summed E-state index contributed by atoms with van der Waals surface area (Å²) in [5.74, 6) is 0.700. The molecule has 92 valence electrons. The van der Waals surface area contributed by atoms with Crippen molar-refractivity contribution in [3.8, 4) is 0 Å². The number of ether oxygens (including phenoxy) is 1. The lowest BCUT2D eigenvalue weighted by molar-refractivity contribution is -0.0399. The minimum absolute atomic E-state index is 0.116. The van der Waals surface area contributed by atoms with Crippen LogP contribution in [-0.4, -0.2) is 17.9 Å². The maximum atomic E-state index is 13.2. The van der Waals surface area contributed by atoms with Gasteiger partial charge in [0.1, 0.15) is 5.67 Å². The molecule has 1 nitrogen and oxygen atoms in total. The van der Waals surface area contributed by atoms with Crippen molar-refractivity contribution in [1.82, 2.24) is 0 Å². The van der Waals surface area contributed by atoms with E-state index in [-0.39, 0.29) is 5.60 Å². The highest BCUT2D eigenvalue weighted by Gasteiger charge is 2.21. The lowest BCUT2D eigenvalue weighted by Crippen LogP contribution is -2.27. The zero-order chi connectivity index (χ0) is 12.1. The molecule has 0 saturated carbocycles. The smallest absolute Gasteiger partial charge is 0.107 e. The standard InChI is InChI=1S/C13H27FO/c1-11(2)7-8-13(5,6)15-10-9-12(3,4)14/h11H,7-10H2,1-6H3. The van der Waals surface area contributed by atoms with Crippen LogP contribution in [-0.2, 0) is 4.74 Å². The van der Waals surface area contributed by atoms with Crippen LogP contribution < -0.4 is 0 Å². The maximum absolute atomic E-state index is 13.2. The largest absolute Gasteiger partial charge is 0.375 e. The Bertz CT molecular complexity index is 168. The fraction of sp³-hybridized carbons (Fsp3) is 1.00. The molecule has 0 atom stereocenters. The summed E-state index contributed by atoms with van der Waals surface area (Å²) in [7, 11) is 0. The summed E-state index contributed by atoms with van der Waals surface area (Å²) in [5.41, 5.74) is -1.23. The quantitative estimate of drug-likeness (QED) is 0.617. The number of hydrogen-bond donors (Lipinski definition) is 0. The minimum Gasteiger partial charge on any atom is -0.375 e. The third-order valence-electron chi connectivity index (χ3n) is 2.51. The second kappa shape index (κ2) is 5.83. The first-order chi connectivity index (χ1) is 6.62. The molecule has 0 saturated heterocycles. The number of rotatable bonds is 7. The SMILES string of the molecule is CC(C)CCC(C)(C)OCCC(C)(C)F. The Hall–Kier alpha value is -0.110. The molecule has 0 aromatic rings. The van der Waals surface area contributed by atoms with Crippen LogP contribution in [0.3, 0.4) is 0 Å². The molecule has 0 amide bonds. The highest BCUT2D eigenvalue weighted by atomic mass is 19.1. The van der Waals surface area contributed by atoms with Crippen LogP contribution in [0.5, 0.6) is 0 Å². The van der Waals surface area contributed by atoms with Gasteiger partial charge in [0.2, 0.25) is 0 Å². The molecule has 0 aliphatic rings. The summed E-state index contributed by atoms with van der Waals surface area (Å²) in [6.45, 7) is 12.3. The lowest BCUT2D eigenvalue weighted by Gasteiger charge is -2.27. The predicted octanol–water partition coefficient (Wildman–Crippen LogP) is 4.36. The molecule has 0 spiro atoms. The van der Waals surface area contributed by atoms with E-state index in [1.165, 1.54) is 0 Å². The highest BCUT2D eigenvalue weighted by molar-refractivity contribution is 4.71. The normalized spacial score (nSPS) is 13.6. The van der Waals surface area contributed by atoms with Crippen molar-refractivity contribution in [2.75, 3.05) is 6.61 Å². The van der Waals surface area contributed by atoms with E-state index in [2.05, 4.69) is 27.7 Å². The van der Waals surface area contributed by atoms with Gasteiger partial charge in [-0.25, -0.2) is 4.39 Å². The summed E-state index contributed by atoms with van der Waals surface area (Å²) in [5, 5.41) is 0. The molecule has 0 aromatic carbocycles. The van der Waals surface area contributed by atoms with Crippen LogP contribution in [0.2, 0.25) is 0 Å². The van der Waals surface area contributed by atoms with E-state index in [9.17, 15) is 4.39 Å². The maximum Gasteiger partial charge on any atom is 0.107 e. The molecule has 0 unspecified atom stereocenters. The molecular formula is C13H27FO. The lowest BCUT2D eigenvalue weighted by atomic mass is 9.97. The van der Waals surface area contributed by atoms with Gasteiger partial charge in [-0.15, -0.1) is 0 Å². The van der Waals surface area contributed by atoms with E-state index in [0.717, 1.165) is 12.8 Å². The van der Waals surface area contributed by atoms with Crippen molar-refractivity contribution in [3.63, 3.8) is 0 Å². The zero-order valence-corrected chi connectivity index (χ0v) is 11.2. The van der Waals surface area contributed by atoms with Gasteiger partial charge >= 0.3 is 0 Å². The Kier molecular flexibility index (Phi) is 5.79. The van der Waals surface area contributed by atoms with Crippen molar-refractivity contribution >= 4 is 0 Å². The van der Waals surface area contributed by atoms with E-state index in [1.54, 1.807) is 13.8 Å². The van der Waals surface area contributed by atoms with E-state index in [4.69, 9.17) is 4.74 Å². The molecule has 15 heavy (non-hydrogen) atoms. The van der Waals surface area contributed by atoms with Gasteiger partial charge in [-0.1, -0.05) is 13.8 Å². The number of alkyl halides is 1. The minimum atomic E-state index is -1.12. The molecule has 0 heterocycles. The Morgan fingerprint density at radius 2 is 1.60 bits per heavy atom. The van der Waals surface area contributed by atoms with Gasteiger partial charge in [-0.3, -0.25) is 0 Å². The van der Waals surface area contributed by atoms with Gasteiger partial charge in [0.05, 0.1) is 12.2 Å². The molecular weight excluding hydrogens is 191 g/mol. The molecule has 0 radical (unpaired) electrons. The summed E-state index contributed by atoms with van der Waals surface area (Å²) < 4.78 is 18.9. The van der Waals surface area contributed by atoms with Crippen molar-refractivity contribution in [3.05, 3.63) is 0 Å². The third-order valence-corrected chi connectivity index (χ3v) is 2.51.